The van der Waals surface area contributed by atoms with Gasteiger partial charge in [-0.2, -0.15) is 0 Å². The van der Waals surface area contributed by atoms with Crippen molar-refractivity contribution in [2.45, 2.75) is 44.0 Å². The molecule has 2 atom stereocenters. The third kappa shape index (κ3) is 4.02. The molecule has 1 aliphatic rings. The molecular formula is C18H28N2O4. The van der Waals surface area contributed by atoms with Gasteiger partial charge in [-0.05, 0) is 24.0 Å². The molecule has 0 saturated carbocycles. The van der Waals surface area contributed by atoms with Gasteiger partial charge in [-0.25, -0.2) is 0 Å². The van der Waals surface area contributed by atoms with Gasteiger partial charge in [0.25, 0.3) is 0 Å². The van der Waals surface area contributed by atoms with E-state index in [-0.39, 0.29) is 31.6 Å². The summed E-state index contributed by atoms with van der Waals surface area (Å²) in [5, 5.41) is 31.7. The lowest BCUT2D eigenvalue weighted by Crippen LogP contribution is -2.45. The Hall–Kier alpha value is -1.31. The molecule has 6 heteroatoms. The molecule has 0 aromatic heterocycles. The standard InChI is InChI=1S/C18H28N2O4/c1-3-17(10-21,11-22)19-9-14-5-7-15(8-6-14)16-20-18(4-2,12-23)13-24-16/h5-9,16,20-23H,3-4,10-13H2,1-2H3/t16-,18+/m1/s1. The van der Waals surface area contributed by atoms with Crippen molar-refractivity contribution < 1.29 is 20.1 Å². The maximum Gasteiger partial charge on any atom is 0.134 e. The Labute approximate surface area is 143 Å². The molecule has 0 spiro atoms. The van der Waals surface area contributed by atoms with Gasteiger partial charge in [0.05, 0.1) is 32.0 Å². The maximum atomic E-state index is 9.54. The van der Waals surface area contributed by atoms with Crippen LogP contribution in [0, 0.1) is 0 Å². The molecule has 0 amide bonds. The molecule has 1 saturated heterocycles. The van der Waals surface area contributed by atoms with Crippen molar-refractivity contribution in [1.29, 1.82) is 0 Å². The minimum atomic E-state index is -0.823. The normalized spacial score (nSPS) is 24.8. The fourth-order valence-electron chi connectivity index (χ4n) is 2.61. The van der Waals surface area contributed by atoms with Crippen LogP contribution in [0.25, 0.3) is 0 Å². The number of hydrogen-bond acceptors (Lipinski definition) is 6. The molecule has 6 nitrogen and oxygen atoms in total. The molecule has 1 aromatic carbocycles. The van der Waals surface area contributed by atoms with Gasteiger partial charge in [-0.3, -0.25) is 10.3 Å². The van der Waals surface area contributed by atoms with E-state index in [1.807, 2.05) is 38.1 Å². The van der Waals surface area contributed by atoms with Gasteiger partial charge in [0, 0.05) is 6.21 Å². The average Bonchev–Trinajstić information content (AvgIpc) is 3.09. The summed E-state index contributed by atoms with van der Waals surface area (Å²) in [5.41, 5.74) is 0.687. The number of benzene rings is 1. The summed E-state index contributed by atoms with van der Waals surface area (Å²) >= 11 is 0. The van der Waals surface area contributed by atoms with E-state index in [4.69, 9.17) is 4.74 Å². The summed E-state index contributed by atoms with van der Waals surface area (Å²) in [6.45, 7) is 4.07. The second-order valence-corrected chi connectivity index (χ2v) is 6.45. The highest BCUT2D eigenvalue weighted by Crippen LogP contribution is 2.28. The minimum absolute atomic E-state index is 0.0478. The second-order valence-electron chi connectivity index (χ2n) is 6.45. The van der Waals surface area contributed by atoms with E-state index in [1.54, 1.807) is 6.21 Å². The summed E-state index contributed by atoms with van der Waals surface area (Å²) in [6, 6.07) is 7.75. The van der Waals surface area contributed by atoms with Gasteiger partial charge in [-0.15, -0.1) is 0 Å². The first-order valence-corrected chi connectivity index (χ1v) is 8.43. The molecule has 134 valence electrons. The molecule has 1 heterocycles. The molecular weight excluding hydrogens is 308 g/mol. The predicted octanol–water partition coefficient (Wildman–Crippen LogP) is 0.998. The van der Waals surface area contributed by atoms with Crippen molar-refractivity contribution in [3.63, 3.8) is 0 Å². The first-order chi connectivity index (χ1) is 11.6. The van der Waals surface area contributed by atoms with E-state index in [2.05, 4.69) is 10.3 Å². The van der Waals surface area contributed by atoms with Crippen LogP contribution < -0.4 is 5.32 Å². The van der Waals surface area contributed by atoms with Gasteiger partial charge >= 0.3 is 0 Å². The highest BCUT2D eigenvalue weighted by atomic mass is 16.5. The molecule has 1 aromatic rings. The van der Waals surface area contributed by atoms with Crippen molar-refractivity contribution in [2.75, 3.05) is 26.4 Å². The van der Waals surface area contributed by atoms with Crippen molar-refractivity contribution >= 4 is 6.21 Å². The summed E-state index contributed by atoms with van der Waals surface area (Å²) in [6.07, 6.45) is 2.81. The van der Waals surface area contributed by atoms with E-state index in [0.717, 1.165) is 17.5 Å². The number of rotatable bonds is 8. The fourth-order valence-corrected chi connectivity index (χ4v) is 2.61. The van der Waals surface area contributed by atoms with Gasteiger partial charge in [0.15, 0.2) is 0 Å². The Kier molecular flexibility index (Phi) is 6.48. The monoisotopic (exact) mass is 336 g/mol. The fraction of sp³-hybridized carbons (Fsp3) is 0.611. The lowest BCUT2D eigenvalue weighted by Gasteiger charge is -2.24. The lowest BCUT2D eigenvalue weighted by atomic mass is 9.99. The number of aliphatic imine (C=N–C) groups is 1. The molecule has 0 radical (unpaired) electrons. The van der Waals surface area contributed by atoms with Gasteiger partial charge in [0.1, 0.15) is 11.8 Å². The number of aliphatic hydroxyl groups excluding tert-OH is 3. The molecule has 0 unspecified atom stereocenters. The molecule has 1 aliphatic heterocycles. The summed E-state index contributed by atoms with van der Waals surface area (Å²) in [4.78, 5) is 4.35. The van der Waals surface area contributed by atoms with Crippen LogP contribution in [-0.4, -0.2) is 59.0 Å². The Morgan fingerprint density at radius 1 is 1.25 bits per heavy atom. The zero-order valence-electron chi connectivity index (χ0n) is 14.4. The lowest BCUT2D eigenvalue weighted by molar-refractivity contribution is 0.0918. The number of ether oxygens (including phenoxy) is 1. The first kappa shape index (κ1) is 19.0. The highest BCUT2D eigenvalue weighted by Gasteiger charge is 2.38. The Morgan fingerprint density at radius 2 is 1.92 bits per heavy atom. The van der Waals surface area contributed by atoms with Crippen molar-refractivity contribution in [3.8, 4) is 0 Å². The molecule has 0 bridgehead atoms. The molecule has 0 aliphatic carbocycles. The summed E-state index contributed by atoms with van der Waals surface area (Å²) in [7, 11) is 0. The van der Waals surface area contributed by atoms with Gasteiger partial charge < -0.3 is 20.1 Å². The third-order valence-electron chi connectivity index (χ3n) is 4.92. The van der Waals surface area contributed by atoms with Crippen LogP contribution in [0.5, 0.6) is 0 Å². The van der Waals surface area contributed by atoms with Crippen LogP contribution in [0.3, 0.4) is 0 Å². The van der Waals surface area contributed by atoms with Crippen molar-refractivity contribution in [3.05, 3.63) is 35.4 Å². The van der Waals surface area contributed by atoms with E-state index in [9.17, 15) is 15.3 Å². The molecule has 24 heavy (non-hydrogen) atoms. The average molecular weight is 336 g/mol. The zero-order valence-corrected chi connectivity index (χ0v) is 14.4. The Morgan fingerprint density at radius 3 is 2.38 bits per heavy atom. The predicted molar refractivity (Wildman–Crippen MR) is 93.2 cm³/mol. The van der Waals surface area contributed by atoms with Gasteiger partial charge in [0.2, 0.25) is 0 Å². The van der Waals surface area contributed by atoms with Gasteiger partial charge in [-0.1, -0.05) is 38.1 Å². The van der Waals surface area contributed by atoms with Crippen molar-refractivity contribution in [1.82, 2.24) is 5.32 Å². The van der Waals surface area contributed by atoms with E-state index in [0.29, 0.717) is 13.0 Å². The third-order valence-corrected chi connectivity index (χ3v) is 4.92. The molecule has 1 fully saturated rings. The quantitative estimate of drug-likeness (QED) is 0.531. The molecule has 2 rings (SSSR count). The summed E-state index contributed by atoms with van der Waals surface area (Å²) < 4.78 is 5.77. The topological polar surface area (TPSA) is 94.3 Å². The largest absolute Gasteiger partial charge is 0.394 e. The number of nitrogens with one attached hydrogen (secondary N) is 1. The summed E-state index contributed by atoms with van der Waals surface area (Å²) in [5.74, 6) is 0. The second kappa shape index (κ2) is 8.18. The molecule has 4 N–H and O–H groups in total. The van der Waals surface area contributed by atoms with Crippen LogP contribution in [0.2, 0.25) is 0 Å². The van der Waals surface area contributed by atoms with Crippen LogP contribution >= 0.6 is 0 Å². The smallest absolute Gasteiger partial charge is 0.134 e. The number of nitrogens with zero attached hydrogens (tertiary/aromatic N) is 1. The van der Waals surface area contributed by atoms with E-state index >= 15 is 0 Å². The first-order valence-electron chi connectivity index (χ1n) is 8.43. The number of aliphatic hydroxyl groups is 3. The van der Waals surface area contributed by atoms with E-state index < -0.39 is 5.54 Å². The SMILES string of the molecule is CCC(CO)(CO)N=Cc1ccc([C@@H]2N[C@@](CC)(CO)CO2)cc1. The van der Waals surface area contributed by atoms with Crippen molar-refractivity contribution in [2.24, 2.45) is 4.99 Å². The zero-order chi connectivity index (χ0) is 17.6. The van der Waals surface area contributed by atoms with Crippen LogP contribution in [0.1, 0.15) is 44.0 Å². The van der Waals surface area contributed by atoms with Crippen LogP contribution in [0.15, 0.2) is 29.3 Å². The maximum absolute atomic E-state index is 9.54. The minimum Gasteiger partial charge on any atom is -0.394 e. The van der Waals surface area contributed by atoms with Crippen LogP contribution in [-0.2, 0) is 4.74 Å². The number of hydrogen-bond donors (Lipinski definition) is 4. The Bertz CT molecular complexity index is 528. The Balaban J connectivity index is 2.06. The van der Waals surface area contributed by atoms with E-state index in [1.165, 1.54) is 0 Å². The highest BCUT2D eigenvalue weighted by molar-refractivity contribution is 5.80. The van der Waals surface area contributed by atoms with Crippen LogP contribution in [0.4, 0.5) is 0 Å².